The summed E-state index contributed by atoms with van der Waals surface area (Å²) in [6, 6.07) is 7.56. The fraction of sp³-hybridized carbons (Fsp3) is 0.562. The van der Waals surface area contributed by atoms with Crippen LogP contribution in [0, 0.1) is 0 Å². The summed E-state index contributed by atoms with van der Waals surface area (Å²) in [6.07, 6.45) is 4.21. The molecule has 2 rings (SSSR count). The quantitative estimate of drug-likeness (QED) is 0.552. The fourth-order valence-corrected chi connectivity index (χ4v) is 2.55. The zero-order valence-corrected chi connectivity index (χ0v) is 12.3. The Balaban J connectivity index is 1.60. The van der Waals surface area contributed by atoms with Crippen LogP contribution in [0.2, 0.25) is 0 Å². The first kappa shape index (κ1) is 15.6. The van der Waals surface area contributed by atoms with E-state index in [2.05, 4.69) is 5.32 Å². The van der Waals surface area contributed by atoms with Gasteiger partial charge in [-0.3, -0.25) is 4.79 Å². The van der Waals surface area contributed by atoms with Crippen LogP contribution in [0.15, 0.2) is 24.3 Å². The van der Waals surface area contributed by atoms with Gasteiger partial charge in [0, 0.05) is 12.5 Å². The number of hydrogen-bond donors (Lipinski definition) is 3. The molecule has 1 saturated carbocycles. The van der Waals surface area contributed by atoms with Crippen molar-refractivity contribution in [1.82, 2.24) is 5.32 Å². The molecule has 0 spiro atoms. The summed E-state index contributed by atoms with van der Waals surface area (Å²) in [5.41, 5.74) is 6.39. The maximum absolute atomic E-state index is 11.8. The van der Waals surface area contributed by atoms with E-state index in [9.17, 15) is 9.90 Å². The van der Waals surface area contributed by atoms with Gasteiger partial charge in [0.25, 0.3) is 0 Å². The van der Waals surface area contributed by atoms with E-state index in [1.807, 2.05) is 18.2 Å². The first-order valence-electron chi connectivity index (χ1n) is 7.60. The molecule has 0 saturated heterocycles. The summed E-state index contributed by atoms with van der Waals surface area (Å²) in [6.45, 7) is 0.477. The molecule has 1 aromatic rings. The van der Waals surface area contributed by atoms with Crippen molar-refractivity contribution >= 4 is 11.6 Å². The van der Waals surface area contributed by atoms with Gasteiger partial charge in [-0.1, -0.05) is 12.1 Å². The molecule has 0 aliphatic heterocycles. The van der Waals surface area contributed by atoms with Gasteiger partial charge < -0.3 is 20.9 Å². The van der Waals surface area contributed by atoms with Crippen molar-refractivity contribution in [3.05, 3.63) is 24.3 Å². The van der Waals surface area contributed by atoms with Crippen LogP contribution >= 0.6 is 0 Å². The van der Waals surface area contributed by atoms with E-state index in [4.69, 9.17) is 10.5 Å². The van der Waals surface area contributed by atoms with Gasteiger partial charge in [0.1, 0.15) is 5.75 Å². The number of carbonyl (C=O) groups excluding carboxylic acids is 1. The van der Waals surface area contributed by atoms with Gasteiger partial charge in [-0.15, -0.1) is 0 Å². The first-order chi connectivity index (χ1) is 10.1. The van der Waals surface area contributed by atoms with Gasteiger partial charge in [0.2, 0.25) is 5.91 Å². The number of nitrogen functional groups attached to an aromatic ring is 1. The molecule has 0 aromatic heterocycles. The molecule has 1 aromatic carbocycles. The summed E-state index contributed by atoms with van der Waals surface area (Å²) < 4.78 is 5.55. The van der Waals surface area contributed by atoms with Crippen molar-refractivity contribution in [3.63, 3.8) is 0 Å². The molecule has 0 atom stereocenters. The molecule has 0 radical (unpaired) electrons. The minimum atomic E-state index is -0.192. The number of anilines is 1. The second kappa shape index (κ2) is 7.88. The van der Waals surface area contributed by atoms with Crippen LogP contribution < -0.4 is 15.8 Å². The predicted molar refractivity (Wildman–Crippen MR) is 82.0 cm³/mol. The fourth-order valence-electron chi connectivity index (χ4n) is 2.55. The number of hydrogen-bond acceptors (Lipinski definition) is 4. The van der Waals surface area contributed by atoms with E-state index in [-0.39, 0.29) is 18.1 Å². The molecule has 0 heterocycles. The van der Waals surface area contributed by atoms with Crippen LogP contribution in [-0.2, 0) is 4.79 Å². The SMILES string of the molecule is Nc1ccccc1OCCCC(=O)NC1CCC(O)CC1. The average Bonchev–Trinajstić information content (AvgIpc) is 2.48. The summed E-state index contributed by atoms with van der Waals surface area (Å²) in [5.74, 6) is 0.722. The largest absolute Gasteiger partial charge is 0.491 e. The molecular formula is C16H24N2O3. The van der Waals surface area contributed by atoms with Crippen LogP contribution in [0.5, 0.6) is 5.75 Å². The van der Waals surface area contributed by atoms with Gasteiger partial charge in [-0.05, 0) is 44.2 Å². The molecule has 5 heteroatoms. The second-order valence-corrected chi connectivity index (χ2v) is 5.56. The van der Waals surface area contributed by atoms with Crippen LogP contribution in [-0.4, -0.2) is 29.8 Å². The van der Waals surface area contributed by atoms with Crippen LogP contribution in [0.25, 0.3) is 0 Å². The Morgan fingerprint density at radius 2 is 2.00 bits per heavy atom. The third-order valence-electron chi connectivity index (χ3n) is 3.79. The number of benzene rings is 1. The molecular weight excluding hydrogens is 268 g/mol. The van der Waals surface area contributed by atoms with Crippen molar-refractivity contribution in [2.75, 3.05) is 12.3 Å². The number of aliphatic hydroxyl groups excluding tert-OH is 1. The molecule has 0 unspecified atom stereocenters. The molecule has 0 bridgehead atoms. The zero-order valence-electron chi connectivity index (χ0n) is 12.3. The Labute approximate surface area is 125 Å². The molecule has 116 valence electrons. The smallest absolute Gasteiger partial charge is 0.220 e. The number of nitrogens with two attached hydrogens (primary N) is 1. The highest BCUT2D eigenvalue weighted by molar-refractivity contribution is 5.76. The lowest BCUT2D eigenvalue weighted by molar-refractivity contribution is -0.122. The highest BCUT2D eigenvalue weighted by atomic mass is 16.5. The summed E-state index contributed by atoms with van der Waals surface area (Å²) >= 11 is 0. The minimum Gasteiger partial charge on any atom is -0.491 e. The Hall–Kier alpha value is -1.75. The lowest BCUT2D eigenvalue weighted by atomic mass is 9.93. The van der Waals surface area contributed by atoms with Gasteiger partial charge in [-0.2, -0.15) is 0 Å². The molecule has 1 amide bonds. The second-order valence-electron chi connectivity index (χ2n) is 5.56. The molecule has 1 aliphatic carbocycles. The van der Waals surface area contributed by atoms with E-state index in [1.54, 1.807) is 6.07 Å². The van der Waals surface area contributed by atoms with Crippen molar-refractivity contribution in [1.29, 1.82) is 0 Å². The van der Waals surface area contributed by atoms with E-state index in [0.717, 1.165) is 25.7 Å². The first-order valence-corrected chi connectivity index (χ1v) is 7.60. The Morgan fingerprint density at radius 1 is 1.29 bits per heavy atom. The molecule has 1 aliphatic rings. The van der Waals surface area contributed by atoms with Crippen molar-refractivity contribution < 1.29 is 14.6 Å². The highest BCUT2D eigenvalue weighted by Gasteiger charge is 2.20. The number of ether oxygens (including phenoxy) is 1. The summed E-state index contributed by atoms with van der Waals surface area (Å²) in [4.78, 5) is 11.8. The van der Waals surface area contributed by atoms with Gasteiger partial charge >= 0.3 is 0 Å². The van der Waals surface area contributed by atoms with Gasteiger partial charge in [-0.25, -0.2) is 0 Å². The highest BCUT2D eigenvalue weighted by Crippen LogP contribution is 2.20. The van der Waals surface area contributed by atoms with Crippen molar-refractivity contribution in [3.8, 4) is 5.75 Å². The van der Waals surface area contributed by atoms with E-state index < -0.39 is 0 Å². The van der Waals surface area contributed by atoms with Crippen molar-refractivity contribution in [2.24, 2.45) is 0 Å². The monoisotopic (exact) mass is 292 g/mol. The number of amides is 1. The van der Waals surface area contributed by atoms with E-state index >= 15 is 0 Å². The van der Waals surface area contributed by atoms with Gasteiger partial charge in [0.05, 0.1) is 18.4 Å². The molecule has 21 heavy (non-hydrogen) atoms. The normalized spacial score (nSPS) is 21.8. The third-order valence-corrected chi connectivity index (χ3v) is 3.79. The minimum absolute atomic E-state index is 0.0565. The summed E-state index contributed by atoms with van der Waals surface area (Å²) in [5, 5.41) is 12.4. The molecule has 5 nitrogen and oxygen atoms in total. The summed E-state index contributed by atoms with van der Waals surface area (Å²) in [7, 11) is 0. The predicted octanol–water partition coefficient (Wildman–Crippen LogP) is 1.85. The number of para-hydroxylation sites is 2. The van der Waals surface area contributed by atoms with Gasteiger partial charge in [0.15, 0.2) is 0 Å². The Kier molecular flexibility index (Phi) is 5.87. The third kappa shape index (κ3) is 5.27. The van der Waals surface area contributed by atoms with Crippen LogP contribution in [0.4, 0.5) is 5.69 Å². The van der Waals surface area contributed by atoms with Crippen molar-refractivity contribution in [2.45, 2.75) is 50.7 Å². The van der Waals surface area contributed by atoms with Crippen LogP contribution in [0.1, 0.15) is 38.5 Å². The van der Waals surface area contributed by atoms with E-state index in [0.29, 0.717) is 30.9 Å². The number of nitrogens with one attached hydrogen (secondary N) is 1. The molecule has 4 N–H and O–H groups in total. The Bertz CT molecular complexity index is 457. The lowest BCUT2D eigenvalue weighted by Gasteiger charge is -2.26. The standard InChI is InChI=1S/C16H24N2O3/c17-14-4-1-2-5-15(14)21-11-3-6-16(20)18-12-7-9-13(19)10-8-12/h1-2,4-5,12-13,19H,3,6-11,17H2,(H,18,20). The lowest BCUT2D eigenvalue weighted by Crippen LogP contribution is -2.38. The van der Waals surface area contributed by atoms with Crippen LogP contribution in [0.3, 0.4) is 0 Å². The number of carbonyl (C=O) groups is 1. The zero-order chi connectivity index (χ0) is 15.1. The Morgan fingerprint density at radius 3 is 2.71 bits per heavy atom. The maximum atomic E-state index is 11.8. The maximum Gasteiger partial charge on any atom is 0.220 e. The average molecular weight is 292 g/mol. The topological polar surface area (TPSA) is 84.6 Å². The van der Waals surface area contributed by atoms with E-state index in [1.165, 1.54) is 0 Å². The molecule has 1 fully saturated rings. The number of aliphatic hydroxyl groups is 1. The number of rotatable bonds is 6.